The van der Waals surface area contributed by atoms with Crippen molar-refractivity contribution in [2.24, 2.45) is 5.14 Å². The summed E-state index contributed by atoms with van der Waals surface area (Å²) in [5.41, 5.74) is 0.542. The summed E-state index contributed by atoms with van der Waals surface area (Å²) in [5.74, 6) is 0. The van der Waals surface area contributed by atoms with Crippen molar-refractivity contribution in [2.45, 2.75) is 30.4 Å². The summed E-state index contributed by atoms with van der Waals surface area (Å²) in [6, 6.07) is -0.357. The van der Waals surface area contributed by atoms with Gasteiger partial charge >= 0.3 is 0 Å². The predicted molar refractivity (Wildman–Crippen MR) is 100 cm³/mol. The van der Waals surface area contributed by atoms with E-state index in [0.29, 0.717) is 18.5 Å². The van der Waals surface area contributed by atoms with Crippen LogP contribution in [0, 0.1) is 0 Å². The van der Waals surface area contributed by atoms with Gasteiger partial charge in [0.25, 0.3) is 0 Å². The van der Waals surface area contributed by atoms with E-state index in [1.54, 1.807) is 6.08 Å². The lowest BCUT2D eigenvalue weighted by molar-refractivity contribution is 0.136. The van der Waals surface area contributed by atoms with Crippen molar-refractivity contribution in [3.8, 4) is 0 Å². The standard InChI is InChI=1S/C13H22N2O6S3.ClH/c1-2-15-11-6-9(8-21-5-3-4-16)23(17,18)13-10(11)7-12(22-13)24(14,19)20;/h6,11-12,15-16H,2-5,7-8H2,1H3,(H2,14,19,20);1H. The summed E-state index contributed by atoms with van der Waals surface area (Å²) in [7, 11) is -7.62. The highest BCUT2D eigenvalue weighted by atomic mass is 35.5. The molecular weight excluding hydrogens is 412 g/mol. The molecule has 0 fully saturated rings. The topological polar surface area (TPSA) is 136 Å². The van der Waals surface area contributed by atoms with E-state index in [2.05, 4.69) is 5.32 Å². The average molecular weight is 435 g/mol. The quantitative estimate of drug-likeness (QED) is 0.456. The lowest BCUT2D eigenvalue weighted by Crippen LogP contribution is -2.34. The Labute approximate surface area is 158 Å². The zero-order valence-electron chi connectivity index (χ0n) is 13.7. The zero-order chi connectivity index (χ0) is 18.0. The van der Waals surface area contributed by atoms with Crippen molar-refractivity contribution < 1.29 is 26.7 Å². The Balaban J connectivity index is 0.00000312. The number of nitrogens with one attached hydrogen (secondary N) is 1. The summed E-state index contributed by atoms with van der Waals surface area (Å²) in [5, 5.41) is 17.1. The second-order valence-corrected chi connectivity index (χ2v) is 10.9. The van der Waals surface area contributed by atoms with Gasteiger partial charge in [0.2, 0.25) is 19.9 Å². The number of hydrogen-bond acceptors (Lipinski definition) is 8. The third-order valence-electron chi connectivity index (χ3n) is 3.69. The second-order valence-electron chi connectivity index (χ2n) is 5.45. The molecule has 4 N–H and O–H groups in total. The maximum Gasteiger partial charge on any atom is 0.222 e. The highest BCUT2D eigenvalue weighted by Crippen LogP contribution is 2.48. The molecule has 0 aliphatic carbocycles. The fraction of sp³-hybridized carbons (Fsp3) is 0.692. The first-order chi connectivity index (χ1) is 11.2. The Bertz CT molecular complexity index is 748. The van der Waals surface area contributed by atoms with Gasteiger partial charge in [0.1, 0.15) is 8.82 Å². The van der Waals surface area contributed by atoms with Gasteiger partial charge in [-0.15, -0.1) is 12.4 Å². The van der Waals surface area contributed by atoms with Gasteiger partial charge in [-0.05, 0) is 31.0 Å². The predicted octanol–water partition coefficient (Wildman–Crippen LogP) is 0.0607. The highest BCUT2D eigenvalue weighted by Gasteiger charge is 2.44. The molecule has 2 heterocycles. The van der Waals surface area contributed by atoms with Gasteiger partial charge in [0.05, 0.1) is 17.6 Å². The molecule has 2 unspecified atom stereocenters. The molecular formula is C13H23ClN2O6S3. The maximum absolute atomic E-state index is 12.7. The van der Waals surface area contributed by atoms with Crippen LogP contribution in [0.15, 0.2) is 20.8 Å². The van der Waals surface area contributed by atoms with Crippen molar-refractivity contribution in [3.63, 3.8) is 0 Å². The van der Waals surface area contributed by atoms with Crippen molar-refractivity contribution in [2.75, 3.05) is 26.4 Å². The largest absolute Gasteiger partial charge is 0.396 e. The van der Waals surface area contributed by atoms with E-state index in [-0.39, 0.29) is 53.8 Å². The monoisotopic (exact) mass is 434 g/mol. The lowest BCUT2D eigenvalue weighted by Gasteiger charge is -2.24. The van der Waals surface area contributed by atoms with Crippen LogP contribution in [0.4, 0.5) is 0 Å². The van der Waals surface area contributed by atoms with E-state index in [1.165, 1.54) is 0 Å². The van der Waals surface area contributed by atoms with Crippen LogP contribution >= 0.6 is 24.2 Å². The number of likely N-dealkylation sites (N-methyl/N-ethyl adjacent to an activating group) is 1. The molecule has 146 valence electrons. The van der Waals surface area contributed by atoms with Gasteiger partial charge in [-0.2, -0.15) is 0 Å². The number of ether oxygens (including phenoxy) is 1. The molecule has 0 aromatic rings. The molecule has 2 aliphatic rings. The van der Waals surface area contributed by atoms with E-state index in [0.717, 1.165) is 11.8 Å². The molecule has 0 radical (unpaired) electrons. The van der Waals surface area contributed by atoms with Gasteiger partial charge in [-0.1, -0.05) is 18.7 Å². The van der Waals surface area contributed by atoms with E-state index in [9.17, 15) is 16.8 Å². The van der Waals surface area contributed by atoms with Gasteiger partial charge in [-0.25, -0.2) is 22.0 Å². The molecule has 2 rings (SSSR count). The molecule has 0 saturated carbocycles. The first kappa shape index (κ1) is 22.9. The fourth-order valence-corrected chi connectivity index (χ4v) is 7.34. The van der Waals surface area contributed by atoms with E-state index in [1.807, 2.05) is 6.92 Å². The number of primary sulfonamides is 1. The number of aliphatic hydroxyl groups is 1. The van der Waals surface area contributed by atoms with Crippen LogP contribution in [-0.2, 0) is 24.6 Å². The normalized spacial score (nSPS) is 25.3. The van der Waals surface area contributed by atoms with Crippen molar-refractivity contribution in [1.82, 2.24) is 5.32 Å². The van der Waals surface area contributed by atoms with Crippen LogP contribution in [0.5, 0.6) is 0 Å². The first-order valence-electron chi connectivity index (χ1n) is 7.51. The summed E-state index contributed by atoms with van der Waals surface area (Å²) >= 11 is 0.788. The van der Waals surface area contributed by atoms with E-state index < -0.39 is 24.4 Å². The first-order valence-corrected chi connectivity index (χ1v) is 11.5. The molecule has 12 heteroatoms. The average Bonchev–Trinajstić information content (AvgIpc) is 2.95. The minimum absolute atomic E-state index is 0. The minimum Gasteiger partial charge on any atom is -0.396 e. The SMILES string of the molecule is CCNC1C=C(COCCCO)S(=O)(=O)C2=C1CC(S(N)(=O)=O)S2.Cl. The second kappa shape index (κ2) is 9.18. The minimum atomic E-state index is -3.84. The van der Waals surface area contributed by atoms with Gasteiger partial charge in [0, 0.05) is 13.2 Å². The highest BCUT2D eigenvalue weighted by molar-refractivity contribution is 8.25. The number of rotatable bonds is 8. The summed E-state index contributed by atoms with van der Waals surface area (Å²) in [6.07, 6.45) is 2.08. The molecule has 0 bridgehead atoms. The van der Waals surface area contributed by atoms with Crippen molar-refractivity contribution in [3.05, 3.63) is 20.8 Å². The van der Waals surface area contributed by atoms with Crippen LogP contribution in [0.1, 0.15) is 19.8 Å². The van der Waals surface area contributed by atoms with Gasteiger partial charge in [0.15, 0.2) is 0 Å². The summed E-state index contributed by atoms with van der Waals surface area (Å²) < 4.78 is 53.1. The molecule has 2 aliphatic heterocycles. The Kier molecular flexibility index (Phi) is 8.41. The lowest BCUT2D eigenvalue weighted by atomic mass is 10.1. The molecule has 0 amide bonds. The Morgan fingerprint density at radius 3 is 2.72 bits per heavy atom. The molecule has 2 atom stereocenters. The number of halogens is 1. The number of aliphatic hydroxyl groups excluding tert-OH is 1. The molecule has 0 aromatic carbocycles. The Hall–Kier alpha value is -0.140. The van der Waals surface area contributed by atoms with Gasteiger partial charge < -0.3 is 15.2 Å². The van der Waals surface area contributed by atoms with Crippen molar-refractivity contribution in [1.29, 1.82) is 0 Å². The molecule has 8 nitrogen and oxygen atoms in total. The number of nitrogens with two attached hydrogens (primary N) is 1. The number of sulfone groups is 1. The number of thioether (sulfide) groups is 1. The summed E-state index contributed by atoms with van der Waals surface area (Å²) in [4.78, 5) is 0.104. The smallest absolute Gasteiger partial charge is 0.222 e. The third kappa shape index (κ3) is 5.19. The van der Waals surface area contributed by atoms with Crippen LogP contribution in [0.3, 0.4) is 0 Å². The number of sulfonamides is 1. The number of hydrogen-bond donors (Lipinski definition) is 3. The third-order valence-corrected chi connectivity index (χ3v) is 9.23. The Morgan fingerprint density at radius 1 is 1.48 bits per heavy atom. The maximum atomic E-state index is 12.7. The Morgan fingerprint density at radius 2 is 2.16 bits per heavy atom. The van der Waals surface area contributed by atoms with Crippen LogP contribution in [-0.4, -0.2) is 58.9 Å². The van der Waals surface area contributed by atoms with E-state index in [4.69, 9.17) is 15.0 Å². The molecule has 0 spiro atoms. The molecule has 0 aromatic heterocycles. The van der Waals surface area contributed by atoms with Crippen molar-refractivity contribution >= 4 is 44.0 Å². The van der Waals surface area contributed by atoms with E-state index >= 15 is 0 Å². The fourth-order valence-electron chi connectivity index (χ4n) is 2.53. The molecule has 25 heavy (non-hydrogen) atoms. The van der Waals surface area contributed by atoms with Crippen LogP contribution in [0.2, 0.25) is 0 Å². The van der Waals surface area contributed by atoms with Crippen LogP contribution < -0.4 is 10.5 Å². The summed E-state index contributed by atoms with van der Waals surface area (Å²) in [6.45, 7) is 2.58. The van der Waals surface area contributed by atoms with Gasteiger partial charge in [-0.3, -0.25) is 0 Å². The van der Waals surface area contributed by atoms with Crippen LogP contribution in [0.25, 0.3) is 0 Å². The zero-order valence-corrected chi connectivity index (χ0v) is 16.9. The molecule has 0 saturated heterocycles.